The van der Waals surface area contributed by atoms with E-state index in [-0.39, 0.29) is 5.63 Å². The van der Waals surface area contributed by atoms with Gasteiger partial charge in [0.2, 0.25) is 0 Å². The van der Waals surface area contributed by atoms with Crippen molar-refractivity contribution in [3.8, 4) is 0 Å². The van der Waals surface area contributed by atoms with E-state index in [4.69, 9.17) is 9.40 Å². The molecule has 0 saturated carbocycles. The molecule has 1 fully saturated rings. The molecule has 5 heteroatoms. The molecule has 4 nitrogen and oxygen atoms in total. The Bertz CT molecular complexity index is 1210. The Morgan fingerprint density at radius 1 is 1.21 bits per heavy atom. The van der Waals surface area contributed by atoms with Gasteiger partial charge in [0.05, 0.1) is 16.3 Å². The van der Waals surface area contributed by atoms with E-state index < -0.39 is 0 Å². The van der Waals surface area contributed by atoms with Crippen molar-refractivity contribution in [2.24, 2.45) is 0 Å². The molecule has 0 spiro atoms. The molecular weight excluding hydrogens is 368 g/mol. The lowest BCUT2D eigenvalue weighted by Crippen LogP contribution is -2.23. The number of aromatic nitrogens is 1. The van der Waals surface area contributed by atoms with Crippen LogP contribution in [0, 0.1) is 13.8 Å². The minimum absolute atomic E-state index is 0.271. The Hall–Kier alpha value is -2.50. The summed E-state index contributed by atoms with van der Waals surface area (Å²) in [4.78, 5) is 19.6. The number of thiazole rings is 1. The van der Waals surface area contributed by atoms with Crippen molar-refractivity contribution in [3.05, 3.63) is 74.6 Å². The predicted molar refractivity (Wildman–Crippen MR) is 114 cm³/mol. The van der Waals surface area contributed by atoms with Crippen LogP contribution in [0.3, 0.4) is 0 Å². The standard InChI is InChI=1S/C23H22N2O2S/c1-14-9-10-17-16(12-21(26)27-22(17)15(14)2)13-25-11-5-7-19(25)23-24-18-6-3-4-8-20(18)28-23/h3-4,6,8-10,12,19H,5,7,11,13H2,1-2H3/t19-/m0/s1. The minimum Gasteiger partial charge on any atom is -0.422 e. The third-order valence-corrected chi connectivity index (χ3v) is 6.99. The maximum absolute atomic E-state index is 12.2. The molecule has 1 aliphatic heterocycles. The van der Waals surface area contributed by atoms with Crippen LogP contribution in [0.25, 0.3) is 21.2 Å². The van der Waals surface area contributed by atoms with Gasteiger partial charge in [-0.25, -0.2) is 9.78 Å². The molecule has 1 aliphatic rings. The van der Waals surface area contributed by atoms with Gasteiger partial charge >= 0.3 is 5.63 Å². The van der Waals surface area contributed by atoms with Gasteiger partial charge in [-0.05, 0) is 62.1 Å². The average molecular weight is 391 g/mol. The van der Waals surface area contributed by atoms with Gasteiger partial charge < -0.3 is 4.42 Å². The van der Waals surface area contributed by atoms with E-state index >= 15 is 0 Å². The fourth-order valence-electron chi connectivity index (χ4n) is 4.20. The summed E-state index contributed by atoms with van der Waals surface area (Å²) in [6.07, 6.45) is 2.26. The molecule has 2 aromatic carbocycles. The second-order valence-electron chi connectivity index (χ2n) is 7.62. The molecule has 28 heavy (non-hydrogen) atoms. The van der Waals surface area contributed by atoms with Gasteiger partial charge in [0.15, 0.2) is 0 Å². The van der Waals surface area contributed by atoms with Crippen molar-refractivity contribution >= 4 is 32.5 Å². The molecule has 0 N–H and O–H groups in total. The summed E-state index contributed by atoms with van der Waals surface area (Å²) in [6, 6.07) is 14.5. The molecule has 1 saturated heterocycles. The van der Waals surface area contributed by atoms with Gasteiger partial charge in [-0.3, -0.25) is 4.90 Å². The second-order valence-corrected chi connectivity index (χ2v) is 8.69. The van der Waals surface area contributed by atoms with E-state index in [9.17, 15) is 4.79 Å². The topological polar surface area (TPSA) is 46.3 Å². The lowest BCUT2D eigenvalue weighted by molar-refractivity contribution is 0.248. The fraction of sp³-hybridized carbons (Fsp3) is 0.304. The van der Waals surface area contributed by atoms with Crippen molar-refractivity contribution in [3.63, 3.8) is 0 Å². The molecule has 2 aromatic heterocycles. The zero-order valence-electron chi connectivity index (χ0n) is 16.1. The van der Waals surface area contributed by atoms with E-state index in [1.54, 1.807) is 17.4 Å². The normalized spacial score (nSPS) is 17.7. The van der Waals surface area contributed by atoms with Crippen LogP contribution in [-0.4, -0.2) is 16.4 Å². The van der Waals surface area contributed by atoms with Gasteiger partial charge in [0.1, 0.15) is 10.6 Å². The Kier molecular flexibility index (Phi) is 4.29. The highest BCUT2D eigenvalue weighted by molar-refractivity contribution is 7.18. The van der Waals surface area contributed by atoms with Crippen LogP contribution in [0.1, 0.15) is 40.6 Å². The Balaban J connectivity index is 1.53. The summed E-state index contributed by atoms with van der Waals surface area (Å²) in [7, 11) is 0. The zero-order chi connectivity index (χ0) is 19.3. The van der Waals surface area contributed by atoms with Crippen LogP contribution in [0.5, 0.6) is 0 Å². The monoisotopic (exact) mass is 390 g/mol. The molecule has 142 valence electrons. The first-order chi connectivity index (χ1) is 13.6. The highest BCUT2D eigenvalue weighted by Gasteiger charge is 2.29. The molecule has 1 atom stereocenters. The lowest BCUT2D eigenvalue weighted by atomic mass is 10.0. The average Bonchev–Trinajstić information content (AvgIpc) is 3.31. The molecule has 0 amide bonds. The molecule has 0 radical (unpaired) electrons. The Morgan fingerprint density at radius 2 is 2.07 bits per heavy atom. The van der Waals surface area contributed by atoms with E-state index in [0.717, 1.165) is 59.1 Å². The lowest BCUT2D eigenvalue weighted by Gasteiger charge is -2.23. The fourth-order valence-corrected chi connectivity index (χ4v) is 5.34. The number of benzene rings is 2. The van der Waals surface area contributed by atoms with Crippen LogP contribution in [-0.2, 0) is 6.54 Å². The van der Waals surface area contributed by atoms with E-state index in [1.807, 2.05) is 19.9 Å². The highest BCUT2D eigenvalue weighted by atomic mass is 32.1. The van der Waals surface area contributed by atoms with E-state index in [2.05, 4.69) is 35.2 Å². The number of hydrogen-bond donors (Lipinski definition) is 0. The first kappa shape index (κ1) is 17.6. The molecule has 0 unspecified atom stereocenters. The van der Waals surface area contributed by atoms with Gasteiger partial charge in [-0.15, -0.1) is 11.3 Å². The Morgan fingerprint density at radius 3 is 2.93 bits per heavy atom. The third kappa shape index (κ3) is 2.95. The van der Waals surface area contributed by atoms with Gasteiger partial charge in [0.25, 0.3) is 0 Å². The van der Waals surface area contributed by atoms with Gasteiger partial charge in [-0.1, -0.05) is 24.3 Å². The van der Waals surface area contributed by atoms with Crippen LogP contribution in [0.15, 0.2) is 51.7 Å². The molecule has 5 rings (SSSR count). The third-order valence-electron chi connectivity index (χ3n) is 5.85. The van der Waals surface area contributed by atoms with Crippen LogP contribution < -0.4 is 5.63 Å². The summed E-state index contributed by atoms with van der Waals surface area (Å²) in [6.45, 7) is 5.83. The summed E-state index contributed by atoms with van der Waals surface area (Å²) >= 11 is 1.79. The summed E-state index contributed by atoms with van der Waals surface area (Å²) < 4.78 is 6.78. The van der Waals surface area contributed by atoms with E-state index in [1.165, 1.54) is 9.71 Å². The minimum atomic E-state index is -0.271. The quantitative estimate of drug-likeness (QED) is 0.442. The number of para-hydroxylation sites is 1. The molecule has 3 heterocycles. The molecule has 4 aromatic rings. The van der Waals surface area contributed by atoms with Gasteiger partial charge in [0, 0.05) is 18.0 Å². The largest absolute Gasteiger partial charge is 0.422 e. The molecule has 0 bridgehead atoms. The van der Waals surface area contributed by atoms with Crippen LogP contribution in [0.4, 0.5) is 0 Å². The van der Waals surface area contributed by atoms with Crippen molar-refractivity contribution in [1.82, 2.24) is 9.88 Å². The number of rotatable bonds is 3. The zero-order valence-corrected chi connectivity index (χ0v) is 16.9. The second kappa shape index (κ2) is 6.83. The maximum Gasteiger partial charge on any atom is 0.336 e. The molecule has 0 aliphatic carbocycles. The van der Waals surface area contributed by atoms with Crippen molar-refractivity contribution in [2.45, 2.75) is 39.3 Å². The summed E-state index contributed by atoms with van der Waals surface area (Å²) in [5, 5.41) is 2.22. The number of fused-ring (bicyclic) bond motifs is 2. The van der Waals surface area contributed by atoms with Crippen LogP contribution in [0.2, 0.25) is 0 Å². The van der Waals surface area contributed by atoms with Crippen molar-refractivity contribution in [1.29, 1.82) is 0 Å². The first-order valence-electron chi connectivity index (χ1n) is 9.72. The maximum atomic E-state index is 12.2. The van der Waals surface area contributed by atoms with E-state index in [0.29, 0.717) is 6.04 Å². The smallest absolute Gasteiger partial charge is 0.336 e. The number of nitrogens with zero attached hydrogens (tertiary/aromatic N) is 2. The molecular formula is C23H22N2O2S. The summed E-state index contributed by atoms with van der Waals surface area (Å²) in [5.41, 5.74) is 4.75. The number of likely N-dealkylation sites (tertiary alicyclic amines) is 1. The van der Waals surface area contributed by atoms with Gasteiger partial charge in [-0.2, -0.15) is 0 Å². The van der Waals surface area contributed by atoms with Crippen molar-refractivity contribution < 1.29 is 4.42 Å². The summed E-state index contributed by atoms with van der Waals surface area (Å²) in [5.74, 6) is 0. The van der Waals surface area contributed by atoms with Crippen molar-refractivity contribution in [2.75, 3.05) is 6.54 Å². The Labute approximate surface area is 167 Å². The van der Waals surface area contributed by atoms with Crippen LogP contribution >= 0.6 is 11.3 Å². The number of hydrogen-bond acceptors (Lipinski definition) is 5. The SMILES string of the molecule is Cc1ccc2c(CN3CCC[C@H]3c3nc4ccccc4s3)cc(=O)oc2c1C. The predicted octanol–water partition coefficient (Wildman–Crippen LogP) is 5.36. The first-order valence-corrected chi connectivity index (χ1v) is 10.5. The number of aryl methyl sites for hydroxylation is 2. The highest BCUT2D eigenvalue weighted by Crippen LogP contribution is 2.38.